The minimum atomic E-state index is -0.430. The molecule has 2 atom stereocenters. The molecule has 0 radical (unpaired) electrons. The second-order valence-electron chi connectivity index (χ2n) is 6.73. The van der Waals surface area contributed by atoms with Crippen LogP contribution in [0, 0.1) is 0 Å². The molecule has 0 fully saturated rings. The van der Waals surface area contributed by atoms with Gasteiger partial charge in [0.05, 0.1) is 17.5 Å². The summed E-state index contributed by atoms with van der Waals surface area (Å²) in [4.78, 5) is 11.2. The van der Waals surface area contributed by atoms with E-state index in [1.54, 1.807) is 0 Å². The van der Waals surface area contributed by atoms with E-state index in [0.29, 0.717) is 5.33 Å². The third-order valence-electron chi connectivity index (χ3n) is 4.44. The number of hydrogen-bond donors (Lipinski definition) is 2. The summed E-state index contributed by atoms with van der Waals surface area (Å²) in [5.41, 5.74) is 0. The van der Waals surface area contributed by atoms with E-state index in [-0.39, 0.29) is 11.9 Å². The van der Waals surface area contributed by atoms with Crippen LogP contribution >= 0.6 is 15.9 Å². The maximum absolute atomic E-state index is 11.2. The quantitative estimate of drug-likeness (QED) is 0.275. The molecule has 0 rings (SSSR count). The lowest BCUT2D eigenvalue weighted by Crippen LogP contribution is -2.41. The fourth-order valence-electron chi connectivity index (χ4n) is 2.83. The van der Waals surface area contributed by atoms with E-state index >= 15 is 0 Å². The topological polar surface area (TPSA) is 49.3 Å². The SMILES string of the molecule is CCCCCCCCCCCCCC[C@H](O)[C@@H](C)NC(=O)CBr. The van der Waals surface area contributed by atoms with E-state index in [0.717, 1.165) is 12.8 Å². The van der Waals surface area contributed by atoms with Gasteiger partial charge in [0.1, 0.15) is 0 Å². The Morgan fingerprint density at radius 2 is 1.35 bits per heavy atom. The van der Waals surface area contributed by atoms with Gasteiger partial charge in [-0.15, -0.1) is 0 Å². The summed E-state index contributed by atoms with van der Waals surface area (Å²) < 4.78 is 0. The Kier molecular flexibility index (Phi) is 16.7. The van der Waals surface area contributed by atoms with Crippen molar-refractivity contribution in [3.63, 3.8) is 0 Å². The van der Waals surface area contributed by atoms with Crippen molar-refractivity contribution >= 4 is 21.8 Å². The predicted molar refractivity (Wildman–Crippen MR) is 103 cm³/mol. The van der Waals surface area contributed by atoms with Gasteiger partial charge < -0.3 is 10.4 Å². The first-order chi connectivity index (χ1) is 11.1. The van der Waals surface area contributed by atoms with Crippen molar-refractivity contribution in [2.45, 2.75) is 109 Å². The molecular weight excluding hydrogens is 354 g/mol. The molecule has 0 aromatic rings. The molecule has 2 N–H and O–H groups in total. The molecule has 4 heteroatoms. The number of carbonyl (C=O) groups is 1. The molecule has 1 amide bonds. The molecule has 0 aromatic heterocycles. The monoisotopic (exact) mass is 391 g/mol. The molecule has 0 aliphatic heterocycles. The summed E-state index contributed by atoms with van der Waals surface area (Å²) in [6.07, 6.45) is 16.3. The summed E-state index contributed by atoms with van der Waals surface area (Å²) in [6, 6.07) is -0.159. The zero-order chi connectivity index (χ0) is 17.3. The fraction of sp³-hybridized carbons (Fsp3) is 0.947. The average molecular weight is 392 g/mol. The van der Waals surface area contributed by atoms with Crippen LogP contribution in [0.4, 0.5) is 0 Å². The Balaban J connectivity index is 3.30. The van der Waals surface area contributed by atoms with Crippen molar-refractivity contribution in [2.75, 3.05) is 5.33 Å². The smallest absolute Gasteiger partial charge is 0.230 e. The minimum Gasteiger partial charge on any atom is -0.391 e. The van der Waals surface area contributed by atoms with Crippen molar-refractivity contribution < 1.29 is 9.90 Å². The molecule has 0 heterocycles. The predicted octanol–water partition coefficient (Wildman–Crippen LogP) is 5.34. The van der Waals surface area contributed by atoms with Gasteiger partial charge in [0.15, 0.2) is 0 Å². The maximum atomic E-state index is 11.2. The first-order valence-electron chi connectivity index (χ1n) is 9.65. The lowest BCUT2D eigenvalue weighted by Gasteiger charge is -2.19. The lowest BCUT2D eigenvalue weighted by atomic mass is 10.0. The average Bonchev–Trinajstić information content (AvgIpc) is 2.55. The Hall–Kier alpha value is -0.0900. The maximum Gasteiger partial charge on any atom is 0.230 e. The van der Waals surface area contributed by atoms with Gasteiger partial charge in [-0.3, -0.25) is 4.79 Å². The summed E-state index contributed by atoms with van der Waals surface area (Å²) in [6.45, 7) is 4.13. The number of aliphatic hydroxyl groups excluding tert-OH is 1. The van der Waals surface area contributed by atoms with Gasteiger partial charge in [0.25, 0.3) is 0 Å². The van der Waals surface area contributed by atoms with Gasteiger partial charge >= 0.3 is 0 Å². The Morgan fingerprint density at radius 3 is 1.78 bits per heavy atom. The number of carbonyl (C=O) groups excluding carboxylic acids is 1. The van der Waals surface area contributed by atoms with E-state index in [9.17, 15) is 9.90 Å². The standard InChI is InChI=1S/C19H38BrNO2/c1-3-4-5-6-7-8-9-10-11-12-13-14-15-18(22)17(2)21-19(23)16-20/h17-18,22H,3-16H2,1-2H3,(H,21,23)/t17-,18+/m1/s1. The number of hydrogen-bond acceptors (Lipinski definition) is 2. The van der Waals surface area contributed by atoms with Crippen molar-refractivity contribution in [2.24, 2.45) is 0 Å². The summed E-state index contributed by atoms with van der Waals surface area (Å²) in [5.74, 6) is -0.0637. The van der Waals surface area contributed by atoms with Crippen molar-refractivity contribution in [1.29, 1.82) is 0 Å². The number of rotatable bonds is 16. The molecule has 138 valence electrons. The number of aliphatic hydroxyl groups is 1. The Morgan fingerprint density at radius 1 is 0.913 bits per heavy atom. The highest BCUT2D eigenvalue weighted by Gasteiger charge is 2.15. The second kappa shape index (κ2) is 16.8. The normalized spacial score (nSPS) is 13.7. The van der Waals surface area contributed by atoms with Gasteiger partial charge in [-0.2, -0.15) is 0 Å². The van der Waals surface area contributed by atoms with Crippen LogP contribution < -0.4 is 5.32 Å². The molecule has 0 saturated heterocycles. The number of unbranched alkanes of at least 4 members (excludes halogenated alkanes) is 11. The molecule has 23 heavy (non-hydrogen) atoms. The lowest BCUT2D eigenvalue weighted by molar-refractivity contribution is -0.119. The van der Waals surface area contributed by atoms with Gasteiger partial charge in [-0.25, -0.2) is 0 Å². The van der Waals surface area contributed by atoms with E-state index in [2.05, 4.69) is 28.2 Å². The van der Waals surface area contributed by atoms with Crippen LogP contribution in [0.5, 0.6) is 0 Å². The molecular formula is C19H38BrNO2. The van der Waals surface area contributed by atoms with Gasteiger partial charge in [-0.05, 0) is 13.3 Å². The van der Waals surface area contributed by atoms with Crippen LogP contribution in [-0.4, -0.2) is 28.5 Å². The van der Waals surface area contributed by atoms with Crippen molar-refractivity contribution in [1.82, 2.24) is 5.32 Å². The van der Waals surface area contributed by atoms with Gasteiger partial charge in [0, 0.05) is 0 Å². The molecule has 0 spiro atoms. The van der Waals surface area contributed by atoms with Crippen LogP contribution in [0.1, 0.15) is 97.3 Å². The highest BCUT2D eigenvalue weighted by molar-refractivity contribution is 9.09. The molecule has 0 saturated carbocycles. The van der Waals surface area contributed by atoms with Crippen molar-refractivity contribution in [3.8, 4) is 0 Å². The number of amides is 1. The molecule has 0 aliphatic carbocycles. The third kappa shape index (κ3) is 15.2. The number of halogens is 1. The fourth-order valence-corrected chi connectivity index (χ4v) is 3.00. The number of nitrogens with one attached hydrogen (secondary N) is 1. The van der Waals surface area contributed by atoms with Crippen LogP contribution in [0.15, 0.2) is 0 Å². The van der Waals surface area contributed by atoms with E-state index in [1.807, 2.05) is 6.92 Å². The van der Waals surface area contributed by atoms with Crippen LogP contribution in [-0.2, 0) is 4.79 Å². The summed E-state index contributed by atoms with van der Waals surface area (Å²) in [7, 11) is 0. The summed E-state index contributed by atoms with van der Waals surface area (Å²) in [5, 5.41) is 13.1. The highest BCUT2D eigenvalue weighted by Crippen LogP contribution is 2.13. The first kappa shape index (κ1) is 22.9. The molecule has 0 aliphatic rings. The molecule has 0 aromatic carbocycles. The first-order valence-corrected chi connectivity index (χ1v) is 10.8. The highest BCUT2D eigenvalue weighted by atomic mass is 79.9. The van der Waals surface area contributed by atoms with Gasteiger partial charge in [0.2, 0.25) is 5.91 Å². The Labute approximate surface area is 152 Å². The second-order valence-corrected chi connectivity index (χ2v) is 7.30. The Bertz CT molecular complexity index is 274. The van der Waals surface area contributed by atoms with Crippen LogP contribution in [0.3, 0.4) is 0 Å². The van der Waals surface area contributed by atoms with E-state index in [4.69, 9.17) is 0 Å². The van der Waals surface area contributed by atoms with Crippen molar-refractivity contribution in [3.05, 3.63) is 0 Å². The van der Waals surface area contributed by atoms with E-state index in [1.165, 1.54) is 70.6 Å². The molecule has 0 unspecified atom stereocenters. The largest absolute Gasteiger partial charge is 0.391 e. The van der Waals surface area contributed by atoms with E-state index < -0.39 is 6.10 Å². The minimum absolute atomic E-state index is 0.0637. The van der Waals surface area contributed by atoms with Crippen LogP contribution in [0.25, 0.3) is 0 Å². The zero-order valence-electron chi connectivity index (χ0n) is 15.3. The summed E-state index contributed by atoms with van der Waals surface area (Å²) >= 11 is 3.11. The zero-order valence-corrected chi connectivity index (χ0v) is 16.9. The third-order valence-corrected chi connectivity index (χ3v) is 4.95. The molecule has 3 nitrogen and oxygen atoms in total. The van der Waals surface area contributed by atoms with Gasteiger partial charge in [-0.1, -0.05) is 99.9 Å². The number of alkyl halides is 1. The molecule has 0 bridgehead atoms. The van der Waals surface area contributed by atoms with Crippen LogP contribution in [0.2, 0.25) is 0 Å².